The van der Waals surface area contributed by atoms with Gasteiger partial charge in [0.2, 0.25) is 5.91 Å². The van der Waals surface area contributed by atoms with Gasteiger partial charge in [0.25, 0.3) is 0 Å². The van der Waals surface area contributed by atoms with E-state index in [-0.39, 0.29) is 18.5 Å². The lowest BCUT2D eigenvalue weighted by Crippen LogP contribution is -2.45. The Morgan fingerprint density at radius 1 is 0.337 bits per heavy atom. The molecule has 0 fully saturated rings. The highest BCUT2D eigenvalue weighted by molar-refractivity contribution is 5.76. The van der Waals surface area contributed by atoms with Crippen LogP contribution in [0.25, 0.3) is 0 Å². The van der Waals surface area contributed by atoms with Crippen molar-refractivity contribution >= 4 is 11.9 Å². The Morgan fingerprint density at radius 2 is 0.602 bits per heavy atom. The molecule has 0 aromatic heterocycles. The molecule has 0 bridgehead atoms. The van der Waals surface area contributed by atoms with Crippen LogP contribution in [0.5, 0.6) is 0 Å². The van der Waals surface area contributed by atoms with Crippen molar-refractivity contribution in [3.05, 3.63) is 36.5 Å². The van der Waals surface area contributed by atoms with Gasteiger partial charge >= 0.3 is 5.97 Å². The third kappa shape index (κ3) is 69.1. The molecule has 0 aliphatic heterocycles. The largest absolute Gasteiger partial charge is 0.466 e. The molecule has 2 atom stereocenters. The Morgan fingerprint density at radius 3 is 0.916 bits per heavy atom. The number of hydrogen-bond donors (Lipinski definition) is 3. The van der Waals surface area contributed by atoms with E-state index in [0.717, 1.165) is 44.9 Å². The van der Waals surface area contributed by atoms with Gasteiger partial charge in [-0.3, -0.25) is 9.59 Å². The zero-order valence-electron chi connectivity index (χ0n) is 56.2. The molecule has 0 saturated carbocycles. The summed E-state index contributed by atoms with van der Waals surface area (Å²) in [4.78, 5) is 24.6. The molecule has 1 amide bonds. The lowest BCUT2D eigenvalue weighted by Gasteiger charge is -2.20. The fourth-order valence-corrected chi connectivity index (χ4v) is 11.9. The number of carbonyl (C=O) groups is 2. The summed E-state index contributed by atoms with van der Waals surface area (Å²) in [6, 6.07) is -0.630. The monoisotopic (exact) mass is 1170 g/mol. The molecular weight excluding hydrogens is 1020 g/mol. The molecule has 0 spiro atoms. The molecule has 3 N–H and O–H groups in total. The van der Waals surface area contributed by atoms with Crippen LogP contribution >= 0.6 is 0 Å². The number of unbranched alkanes of at least 4 members (excludes halogenated alkanes) is 56. The van der Waals surface area contributed by atoms with Crippen molar-refractivity contribution in [3.8, 4) is 0 Å². The van der Waals surface area contributed by atoms with E-state index in [1.165, 1.54) is 347 Å². The van der Waals surface area contributed by atoms with Crippen LogP contribution < -0.4 is 5.32 Å². The maximum atomic E-state index is 12.5. The number of hydrogen-bond acceptors (Lipinski definition) is 5. The normalized spacial score (nSPS) is 12.7. The van der Waals surface area contributed by atoms with Crippen LogP contribution in [0, 0.1) is 0 Å². The second kappa shape index (κ2) is 72.6. The first-order chi connectivity index (χ1) is 41.0. The second-order valence-electron chi connectivity index (χ2n) is 26.0. The van der Waals surface area contributed by atoms with Crippen molar-refractivity contribution in [2.45, 2.75) is 431 Å². The highest BCUT2D eigenvalue weighted by atomic mass is 16.5. The standard InChI is InChI=1S/C77H147NO5/c1-3-5-7-9-11-13-15-17-19-21-22-32-35-38-41-45-49-53-57-61-65-69-75(80)74(73-79)78-76(81)70-66-62-58-54-50-46-42-39-36-33-30-28-26-24-23-25-27-29-31-34-37-40-44-48-52-56-60-64-68-72-83-77(82)71-67-63-59-55-51-47-43-20-18-16-14-12-10-8-6-4-2/h23,25,29,31,65,69,74-75,79-80H,3-22,24,26-28,30,32-64,66-68,70-73H2,1-2H3,(H,78,81)/b25-23-,31-29-,69-65+. The summed E-state index contributed by atoms with van der Waals surface area (Å²) >= 11 is 0. The first-order valence-electron chi connectivity index (χ1n) is 37.8. The molecule has 83 heavy (non-hydrogen) atoms. The minimum absolute atomic E-state index is 0.0158. The topological polar surface area (TPSA) is 95.9 Å². The summed E-state index contributed by atoms with van der Waals surface area (Å²) in [5.41, 5.74) is 0. The minimum atomic E-state index is -0.847. The van der Waals surface area contributed by atoms with Gasteiger partial charge in [-0.2, -0.15) is 0 Å². The molecule has 0 saturated heterocycles. The number of esters is 1. The highest BCUT2D eigenvalue weighted by Crippen LogP contribution is 2.19. The van der Waals surface area contributed by atoms with Crippen LogP contribution in [0.1, 0.15) is 418 Å². The van der Waals surface area contributed by atoms with Crippen LogP contribution in [-0.4, -0.2) is 47.4 Å². The molecule has 0 rings (SSSR count). The Labute approximate surface area is 519 Å². The zero-order chi connectivity index (χ0) is 59.9. The summed E-state index contributed by atoms with van der Waals surface area (Å²) in [6.45, 7) is 4.95. The van der Waals surface area contributed by atoms with Crippen molar-refractivity contribution < 1.29 is 24.5 Å². The van der Waals surface area contributed by atoms with Gasteiger partial charge < -0.3 is 20.3 Å². The summed E-state index contributed by atoms with van der Waals surface area (Å²) < 4.78 is 5.50. The first kappa shape index (κ1) is 81.1. The van der Waals surface area contributed by atoms with E-state index in [1.54, 1.807) is 6.08 Å². The average Bonchev–Trinajstić information content (AvgIpc) is 3.49. The van der Waals surface area contributed by atoms with Gasteiger partial charge in [-0.1, -0.05) is 378 Å². The number of nitrogens with one attached hydrogen (secondary N) is 1. The van der Waals surface area contributed by atoms with Crippen molar-refractivity contribution in [3.63, 3.8) is 0 Å². The van der Waals surface area contributed by atoms with Crippen LogP contribution in [0.2, 0.25) is 0 Å². The fourth-order valence-electron chi connectivity index (χ4n) is 11.9. The van der Waals surface area contributed by atoms with Crippen molar-refractivity contribution in [1.29, 1.82) is 0 Å². The summed E-state index contributed by atoms with van der Waals surface area (Å²) in [5, 5.41) is 23.3. The van der Waals surface area contributed by atoms with Gasteiger partial charge in [0, 0.05) is 12.8 Å². The number of allylic oxidation sites excluding steroid dienone is 5. The molecule has 0 aliphatic carbocycles. The summed E-state index contributed by atoms with van der Waals surface area (Å²) in [5.74, 6) is -0.0492. The van der Waals surface area contributed by atoms with E-state index in [1.807, 2.05) is 6.08 Å². The number of aliphatic hydroxyl groups is 2. The fraction of sp³-hybridized carbons (Fsp3) is 0.896. The molecule has 0 heterocycles. The predicted molar refractivity (Wildman–Crippen MR) is 366 cm³/mol. The molecule has 6 heteroatoms. The SMILES string of the molecule is CCCCCCCCCCCCCCCCCCCCC/C=C/C(O)C(CO)NC(=O)CCCCCCCCCCCCCCC/C=C\C/C=C\CCCCCCCCCCCOC(=O)CCCCCCCCCCCCCCCCCC. The highest BCUT2D eigenvalue weighted by Gasteiger charge is 2.18. The lowest BCUT2D eigenvalue weighted by molar-refractivity contribution is -0.143. The Hall–Kier alpha value is -1.92. The lowest BCUT2D eigenvalue weighted by atomic mass is 10.0. The molecule has 0 aliphatic rings. The van der Waals surface area contributed by atoms with Gasteiger partial charge in [0.05, 0.1) is 25.4 Å². The quantitative estimate of drug-likeness (QED) is 0.0320. The van der Waals surface area contributed by atoms with Crippen molar-refractivity contribution in [2.24, 2.45) is 0 Å². The van der Waals surface area contributed by atoms with E-state index in [0.29, 0.717) is 19.4 Å². The molecule has 490 valence electrons. The van der Waals surface area contributed by atoms with Crippen LogP contribution in [0.4, 0.5) is 0 Å². The Balaban J connectivity index is 3.42. The predicted octanol–water partition coefficient (Wildman–Crippen LogP) is 24.7. The minimum Gasteiger partial charge on any atom is -0.466 e. The summed E-state index contributed by atoms with van der Waals surface area (Å²) in [7, 11) is 0. The van der Waals surface area contributed by atoms with Crippen LogP contribution in [0.15, 0.2) is 36.5 Å². The number of rotatable bonds is 71. The maximum Gasteiger partial charge on any atom is 0.305 e. The van der Waals surface area contributed by atoms with E-state index in [4.69, 9.17) is 4.74 Å². The van der Waals surface area contributed by atoms with E-state index >= 15 is 0 Å². The Kier molecular flexibility index (Phi) is 70.9. The number of ether oxygens (including phenoxy) is 1. The zero-order valence-corrected chi connectivity index (χ0v) is 56.2. The molecule has 2 unspecified atom stereocenters. The van der Waals surface area contributed by atoms with E-state index in [2.05, 4.69) is 43.5 Å². The average molecular weight is 1170 g/mol. The summed E-state index contributed by atoms with van der Waals surface area (Å²) in [6.07, 6.45) is 93.8. The van der Waals surface area contributed by atoms with Crippen molar-refractivity contribution in [1.82, 2.24) is 5.32 Å². The molecule has 0 aromatic rings. The van der Waals surface area contributed by atoms with Gasteiger partial charge in [0.15, 0.2) is 0 Å². The molecular formula is C77H147NO5. The Bertz CT molecular complexity index is 1340. The first-order valence-corrected chi connectivity index (χ1v) is 37.8. The number of carbonyl (C=O) groups excluding carboxylic acids is 2. The molecule has 0 radical (unpaired) electrons. The van der Waals surface area contributed by atoms with Crippen LogP contribution in [0.3, 0.4) is 0 Å². The van der Waals surface area contributed by atoms with Gasteiger partial charge in [-0.25, -0.2) is 0 Å². The van der Waals surface area contributed by atoms with Crippen molar-refractivity contribution in [2.75, 3.05) is 13.2 Å². The van der Waals surface area contributed by atoms with Gasteiger partial charge in [-0.15, -0.1) is 0 Å². The third-order valence-corrected chi connectivity index (χ3v) is 17.7. The maximum absolute atomic E-state index is 12.5. The second-order valence-corrected chi connectivity index (χ2v) is 26.0. The van der Waals surface area contributed by atoms with E-state index < -0.39 is 12.1 Å². The number of amides is 1. The molecule has 0 aromatic carbocycles. The van der Waals surface area contributed by atoms with E-state index in [9.17, 15) is 19.8 Å². The number of aliphatic hydroxyl groups excluding tert-OH is 2. The van der Waals surface area contributed by atoms with Gasteiger partial charge in [0.1, 0.15) is 0 Å². The molecule has 6 nitrogen and oxygen atoms in total. The van der Waals surface area contributed by atoms with Gasteiger partial charge in [-0.05, 0) is 64.2 Å². The van der Waals surface area contributed by atoms with Crippen LogP contribution in [-0.2, 0) is 14.3 Å². The third-order valence-electron chi connectivity index (χ3n) is 17.7. The smallest absolute Gasteiger partial charge is 0.305 e.